The molecule has 0 spiro atoms. The van der Waals surface area contributed by atoms with E-state index in [9.17, 15) is 0 Å². The summed E-state index contributed by atoms with van der Waals surface area (Å²) >= 11 is 0. The van der Waals surface area contributed by atoms with E-state index in [1.54, 1.807) is 0 Å². The number of fused-ring (bicyclic) bond motifs is 6. The van der Waals surface area contributed by atoms with E-state index >= 15 is 0 Å². The molecule has 0 atom stereocenters. The predicted molar refractivity (Wildman–Crippen MR) is 295 cm³/mol. The SMILES string of the molecule is c1ccc(-c2cccc(-c3ccc(-n4c5ccccc5c5cc(-c6ccc7c(c6)c6ccccc6n7-c6ccc([Si](c7ccccc7)(c7ccccc7)c7ccccc7)cc6)ccc54)cc3)c2)cc1. The van der Waals surface area contributed by atoms with Crippen molar-refractivity contribution in [3.05, 3.63) is 279 Å². The van der Waals surface area contributed by atoms with Crippen molar-refractivity contribution in [2.24, 2.45) is 0 Å². The minimum Gasteiger partial charge on any atom is -0.309 e. The van der Waals surface area contributed by atoms with E-state index in [4.69, 9.17) is 0 Å². The molecule has 0 saturated carbocycles. The van der Waals surface area contributed by atoms with Crippen LogP contribution in [0.2, 0.25) is 0 Å². The van der Waals surface area contributed by atoms with Gasteiger partial charge in [0.15, 0.2) is 8.07 Å². The summed E-state index contributed by atoms with van der Waals surface area (Å²) < 4.78 is 4.85. The lowest BCUT2D eigenvalue weighted by atomic mass is 9.99. The molecule has 69 heavy (non-hydrogen) atoms. The molecule has 0 fully saturated rings. The van der Waals surface area contributed by atoms with Crippen molar-refractivity contribution in [3.63, 3.8) is 0 Å². The summed E-state index contributed by atoms with van der Waals surface area (Å²) in [7, 11) is -2.65. The first kappa shape index (κ1) is 40.5. The number of aromatic nitrogens is 2. The van der Waals surface area contributed by atoms with Crippen molar-refractivity contribution < 1.29 is 0 Å². The van der Waals surface area contributed by atoms with Gasteiger partial charge in [-0.3, -0.25) is 0 Å². The zero-order valence-corrected chi connectivity index (χ0v) is 39.0. The van der Waals surface area contributed by atoms with Gasteiger partial charge in [0.25, 0.3) is 0 Å². The van der Waals surface area contributed by atoms with Gasteiger partial charge in [0, 0.05) is 32.9 Å². The fraction of sp³-hybridized carbons (Fsp3) is 0. The maximum atomic E-state index is 2.44. The predicted octanol–water partition coefficient (Wildman–Crippen LogP) is 14.3. The second kappa shape index (κ2) is 16.8. The number of hydrogen-bond donors (Lipinski definition) is 0. The molecule has 0 aliphatic rings. The van der Waals surface area contributed by atoms with Crippen LogP contribution in [0.25, 0.3) is 88.4 Å². The van der Waals surface area contributed by atoms with Crippen LogP contribution >= 0.6 is 0 Å². The average molecular weight is 895 g/mol. The van der Waals surface area contributed by atoms with Gasteiger partial charge in [-0.1, -0.05) is 212 Å². The van der Waals surface area contributed by atoms with E-state index in [0.29, 0.717) is 0 Å². The Morgan fingerprint density at radius 1 is 0.203 bits per heavy atom. The quantitative estimate of drug-likeness (QED) is 0.101. The Kier molecular flexibility index (Phi) is 9.88. The molecule has 0 amide bonds. The molecule has 0 bridgehead atoms. The van der Waals surface area contributed by atoms with Crippen LogP contribution in [0, 0.1) is 0 Å². The van der Waals surface area contributed by atoms with Crippen molar-refractivity contribution >= 4 is 72.4 Å². The van der Waals surface area contributed by atoms with Gasteiger partial charge in [0.05, 0.1) is 22.1 Å². The second-order valence-corrected chi connectivity index (χ2v) is 21.9. The molecule has 0 radical (unpaired) electrons. The Morgan fingerprint density at radius 2 is 0.522 bits per heavy atom. The van der Waals surface area contributed by atoms with E-state index in [-0.39, 0.29) is 0 Å². The van der Waals surface area contributed by atoms with Crippen LogP contribution < -0.4 is 20.7 Å². The van der Waals surface area contributed by atoms with Crippen molar-refractivity contribution in [2.75, 3.05) is 0 Å². The summed E-state index contributed by atoms with van der Waals surface area (Å²) in [5, 5.41) is 10.4. The van der Waals surface area contributed by atoms with E-state index < -0.39 is 8.07 Å². The number of rotatable bonds is 9. The molecule has 324 valence electrons. The van der Waals surface area contributed by atoms with E-state index in [1.165, 1.54) is 97.7 Å². The number of para-hydroxylation sites is 2. The number of hydrogen-bond acceptors (Lipinski definition) is 0. The molecule has 0 unspecified atom stereocenters. The van der Waals surface area contributed by atoms with Gasteiger partial charge in [-0.2, -0.15) is 0 Å². The first-order chi connectivity index (χ1) is 34.2. The molecule has 13 aromatic rings. The van der Waals surface area contributed by atoms with Gasteiger partial charge in [-0.05, 0) is 121 Å². The minimum atomic E-state index is -2.65. The molecule has 0 saturated heterocycles. The summed E-state index contributed by atoms with van der Waals surface area (Å²) in [6, 6.07) is 103. The van der Waals surface area contributed by atoms with Crippen molar-refractivity contribution in [1.29, 1.82) is 0 Å². The lowest BCUT2D eigenvalue weighted by Gasteiger charge is -2.34. The maximum absolute atomic E-state index is 2.65. The molecule has 11 aromatic carbocycles. The Balaban J connectivity index is 0.886. The standard InChI is InChI=1S/C66H46N2Si/c1-5-18-47(19-6-1)49-20-17-21-50(44-49)48-32-36-53(37-33-48)67-63-30-15-13-28-59(63)61-45-51(34-42-65(61)67)52-35-43-66-62(46-52)60-29-14-16-31-64(60)68(66)54-38-40-58(41-39-54)69(55-22-7-2-8-23-55,56-24-9-3-10-25-56)57-26-11-4-12-27-57/h1-46H. The summed E-state index contributed by atoms with van der Waals surface area (Å²) in [4.78, 5) is 0. The van der Waals surface area contributed by atoms with Crippen LogP contribution in [-0.2, 0) is 0 Å². The fourth-order valence-electron chi connectivity index (χ4n) is 11.1. The molecule has 2 heterocycles. The summed E-state index contributed by atoms with van der Waals surface area (Å²) in [6.07, 6.45) is 0. The first-order valence-electron chi connectivity index (χ1n) is 23.8. The summed E-state index contributed by atoms with van der Waals surface area (Å²) in [6.45, 7) is 0. The highest BCUT2D eigenvalue weighted by Gasteiger charge is 2.41. The molecular formula is C66H46N2Si. The van der Waals surface area contributed by atoms with E-state index in [2.05, 4.69) is 288 Å². The van der Waals surface area contributed by atoms with Gasteiger partial charge in [0.1, 0.15) is 0 Å². The second-order valence-electron chi connectivity index (χ2n) is 18.1. The Labute approximate surface area is 403 Å². The number of nitrogens with zero attached hydrogens (tertiary/aromatic N) is 2. The molecule has 13 rings (SSSR count). The fourth-order valence-corrected chi connectivity index (χ4v) is 15.8. The summed E-state index contributed by atoms with van der Waals surface area (Å²) in [5.41, 5.74) is 14.3. The van der Waals surface area contributed by atoms with E-state index in [0.717, 1.165) is 11.4 Å². The number of benzene rings is 11. The van der Waals surface area contributed by atoms with Crippen LogP contribution in [-0.4, -0.2) is 17.2 Å². The zero-order chi connectivity index (χ0) is 45.7. The average Bonchev–Trinajstić information content (AvgIpc) is 3.95. The van der Waals surface area contributed by atoms with Crippen molar-refractivity contribution in [1.82, 2.24) is 9.13 Å². The lowest BCUT2D eigenvalue weighted by molar-refractivity contribution is 1.18. The molecule has 2 nitrogen and oxygen atoms in total. The first-order valence-corrected chi connectivity index (χ1v) is 25.8. The highest BCUT2D eigenvalue weighted by molar-refractivity contribution is 7.19. The highest BCUT2D eigenvalue weighted by atomic mass is 28.3. The van der Waals surface area contributed by atoms with Crippen LogP contribution in [0.3, 0.4) is 0 Å². The van der Waals surface area contributed by atoms with Gasteiger partial charge in [0.2, 0.25) is 0 Å². The largest absolute Gasteiger partial charge is 0.309 e. The monoisotopic (exact) mass is 894 g/mol. The lowest BCUT2D eigenvalue weighted by Crippen LogP contribution is -2.74. The van der Waals surface area contributed by atoms with Crippen molar-refractivity contribution in [2.45, 2.75) is 0 Å². The van der Waals surface area contributed by atoms with Crippen LogP contribution in [0.4, 0.5) is 0 Å². The van der Waals surface area contributed by atoms with Crippen LogP contribution in [0.1, 0.15) is 0 Å². The molecule has 2 aromatic heterocycles. The molecule has 3 heteroatoms. The van der Waals surface area contributed by atoms with Crippen molar-refractivity contribution in [3.8, 4) is 44.8 Å². The normalized spacial score (nSPS) is 11.8. The molecule has 0 aliphatic heterocycles. The van der Waals surface area contributed by atoms with Crippen LogP contribution in [0.5, 0.6) is 0 Å². The van der Waals surface area contributed by atoms with E-state index in [1.807, 2.05) is 0 Å². The third kappa shape index (κ3) is 6.78. The minimum absolute atomic E-state index is 1.15. The summed E-state index contributed by atoms with van der Waals surface area (Å²) in [5.74, 6) is 0. The zero-order valence-electron chi connectivity index (χ0n) is 38.0. The third-order valence-corrected chi connectivity index (χ3v) is 19.1. The maximum Gasteiger partial charge on any atom is 0.179 e. The Morgan fingerprint density at radius 3 is 0.986 bits per heavy atom. The van der Waals surface area contributed by atoms with Crippen LogP contribution in [0.15, 0.2) is 279 Å². The molecular weight excluding hydrogens is 849 g/mol. The highest BCUT2D eigenvalue weighted by Crippen LogP contribution is 2.39. The van der Waals surface area contributed by atoms with Gasteiger partial charge in [-0.25, -0.2) is 0 Å². The third-order valence-electron chi connectivity index (χ3n) is 14.3. The van der Waals surface area contributed by atoms with Gasteiger partial charge in [-0.15, -0.1) is 0 Å². The Hall–Kier alpha value is -8.76. The van der Waals surface area contributed by atoms with Gasteiger partial charge >= 0.3 is 0 Å². The Bertz CT molecular complexity index is 3870. The van der Waals surface area contributed by atoms with Gasteiger partial charge < -0.3 is 9.13 Å². The molecule has 0 aliphatic carbocycles. The smallest absolute Gasteiger partial charge is 0.179 e. The molecule has 0 N–H and O–H groups in total. The topological polar surface area (TPSA) is 9.86 Å².